The third-order valence-electron chi connectivity index (χ3n) is 8.95. The molecule has 2 fully saturated rings. The Bertz CT molecular complexity index is 1340. The van der Waals surface area contributed by atoms with Gasteiger partial charge in [-0.05, 0) is 86.8 Å². The number of carboxylic acid groups (broad SMARTS) is 1. The van der Waals surface area contributed by atoms with Gasteiger partial charge >= 0.3 is 5.97 Å². The predicted molar refractivity (Wildman–Crippen MR) is 164 cm³/mol. The third kappa shape index (κ3) is 8.19. The van der Waals surface area contributed by atoms with Crippen LogP contribution in [0, 0.1) is 12.8 Å². The lowest BCUT2D eigenvalue weighted by Gasteiger charge is -2.38. The second-order valence-corrected chi connectivity index (χ2v) is 14.9. The van der Waals surface area contributed by atoms with E-state index in [1.54, 1.807) is 6.07 Å². The van der Waals surface area contributed by atoms with Crippen molar-refractivity contribution in [1.82, 2.24) is 10.2 Å². The summed E-state index contributed by atoms with van der Waals surface area (Å²) in [4.78, 5) is 28.0. The zero-order valence-electron chi connectivity index (χ0n) is 25.0. The standard InChI is InChI=1S/C33H46N2O5S/c1-23(2)35(33(17-18-33)21-25-11-6-5-7-12-25)22-26-14-15-28(29(20-26)27-13-9-8-10-24(27)3)31(36)34-30(32(37)38)16-19-41(4,39)40/h8-10,13-15,20,23,25,30H,5-7,11-12,16-19,21-22H2,1-4H3,(H,34,36)(H,37,38)/t30-/m0/s1. The molecule has 2 aromatic rings. The molecule has 224 valence electrons. The molecule has 41 heavy (non-hydrogen) atoms. The zero-order valence-corrected chi connectivity index (χ0v) is 25.8. The van der Waals surface area contributed by atoms with E-state index in [4.69, 9.17) is 0 Å². The first kappa shape index (κ1) is 31.2. The van der Waals surface area contributed by atoms with Gasteiger partial charge in [0.15, 0.2) is 0 Å². The molecule has 0 bridgehead atoms. The van der Waals surface area contributed by atoms with E-state index in [2.05, 4.69) is 30.1 Å². The van der Waals surface area contributed by atoms with Crippen molar-refractivity contribution in [1.29, 1.82) is 0 Å². The van der Waals surface area contributed by atoms with E-state index in [0.717, 1.165) is 41.0 Å². The molecule has 7 nitrogen and oxygen atoms in total. The molecular weight excluding hydrogens is 536 g/mol. The van der Waals surface area contributed by atoms with E-state index in [1.807, 2.05) is 37.3 Å². The number of carbonyl (C=O) groups excluding carboxylic acids is 1. The summed E-state index contributed by atoms with van der Waals surface area (Å²) in [6, 6.07) is 12.8. The minimum absolute atomic E-state index is 0.190. The van der Waals surface area contributed by atoms with E-state index in [-0.39, 0.29) is 17.7 Å². The Morgan fingerprint density at radius 1 is 1.05 bits per heavy atom. The molecule has 2 aromatic carbocycles. The van der Waals surface area contributed by atoms with Gasteiger partial charge in [0.1, 0.15) is 15.9 Å². The summed E-state index contributed by atoms with van der Waals surface area (Å²) >= 11 is 0. The van der Waals surface area contributed by atoms with Gasteiger partial charge in [0.2, 0.25) is 0 Å². The van der Waals surface area contributed by atoms with Crippen LogP contribution in [-0.2, 0) is 21.2 Å². The van der Waals surface area contributed by atoms with Crippen molar-refractivity contribution < 1.29 is 23.1 Å². The van der Waals surface area contributed by atoms with Crippen molar-refractivity contribution in [2.45, 2.75) is 103 Å². The fraction of sp³-hybridized carbons (Fsp3) is 0.576. The van der Waals surface area contributed by atoms with Crippen molar-refractivity contribution in [3.63, 3.8) is 0 Å². The van der Waals surface area contributed by atoms with Gasteiger partial charge in [-0.2, -0.15) is 0 Å². The highest BCUT2D eigenvalue weighted by Gasteiger charge is 2.49. The Hall–Kier alpha value is -2.71. The number of nitrogens with zero attached hydrogens (tertiary/aromatic N) is 1. The molecule has 2 aliphatic carbocycles. The lowest BCUT2D eigenvalue weighted by Crippen LogP contribution is -2.43. The number of nitrogens with one attached hydrogen (secondary N) is 1. The molecule has 0 spiro atoms. The van der Waals surface area contributed by atoms with Crippen LogP contribution < -0.4 is 5.32 Å². The molecule has 8 heteroatoms. The lowest BCUT2D eigenvalue weighted by molar-refractivity contribution is -0.139. The van der Waals surface area contributed by atoms with E-state index >= 15 is 0 Å². The summed E-state index contributed by atoms with van der Waals surface area (Å²) in [6.07, 6.45) is 11.4. The Kier molecular flexibility index (Phi) is 9.96. The Morgan fingerprint density at radius 2 is 1.73 bits per heavy atom. The topological polar surface area (TPSA) is 104 Å². The van der Waals surface area contributed by atoms with Crippen LogP contribution in [0.1, 0.15) is 93.1 Å². The Labute approximate surface area is 245 Å². The summed E-state index contributed by atoms with van der Waals surface area (Å²) in [6.45, 7) is 7.33. The predicted octanol–water partition coefficient (Wildman–Crippen LogP) is 5.99. The van der Waals surface area contributed by atoms with Gasteiger partial charge in [-0.15, -0.1) is 0 Å². The zero-order chi connectivity index (χ0) is 29.8. The van der Waals surface area contributed by atoms with Gasteiger partial charge in [-0.1, -0.05) is 62.4 Å². The summed E-state index contributed by atoms with van der Waals surface area (Å²) in [7, 11) is -3.37. The summed E-state index contributed by atoms with van der Waals surface area (Å²) < 4.78 is 23.3. The van der Waals surface area contributed by atoms with Gasteiger partial charge in [-0.25, -0.2) is 13.2 Å². The molecule has 4 rings (SSSR count). The van der Waals surface area contributed by atoms with E-state index in [9.17, 15) is 23.1 Å². The van der Waals surface area contributed by atoms with Crippen LogP contribution in [0.25, 0.3) is 11.1 Å². The smallest absolute Gasteiger partial charge is 0.326 e. The number of carboxylic acids is 1. The second-order valence-electron chi connectivity index (χ2n) is 12.6. The van der Waals surface area contributed by atoms with Crippen molar-refractivity contribution in [3.05, 3.63) is 59.2 Å². The molecule has 0 aromatic heterocycles. The number of benzene rings is 2. The number of aryl methyl sites for hydroxylation is 1. The molecule has 2 saturated carbocycles. The van der Waals surface area contributed by atoms with Gasteiger partial charge in [0, 0.05) is 29.9 Å². The number of hydrogen-bond donors (Lipinski definition) is 2. The van der Waals surface area contributed by atoms with Gasteiger partial charge < -0.3 is 10.4 Å². The summed E-state index contributed by atoms with van der Waals surface area (Å²) in [5.74, 6) is -1.28. The minimum Gasteiger partial charge on any atom is -0.480 e. The SMILES string of the molecule is Cc1ccccc1-c1cc(CN(C(C)C)C2(CC3CCCCC3)CC2)ccc1C(=O)N[C@@H](CCS(C)(=O)=O)C(=O)O. The number of amides is 1. The largest absolute Gasteiger partial charge is 0.480 e. The number of rotatable bonds is 13. The minimum atomic E-state index is -3.37. The first-order chi connectivity index (χ1) is 19.4. The number of carbonyl (C=O) groups is 2. The molecule has 0 saturated heterocycles. The van der Waals surface area contributed by atoms with E-state index in [1.165, 1.54) is 51.4 Å². The molecule has 0 unspecified atom stereocenters. The van der Waals surface area contributed by atoms with Crippen LogP contribution in [0.4, 0.5) is 0 Å². The molecule has 1 amide bonds. The van der Waals surface area contributed by atoms with Gasteiger partial charge in [0.05, 0.1) is 5.75 Å². The highest BCUT2D eigenvalue weighted by atomic mass is 32.2. The van der Waals surface area contributed by atoms with Crippen LogP contribution in [0.3, 0.4) is 0 Å². The first-order valence-corrected chi connectivity index (χ1v) is 17.1. The fourth-order valence-electron chi connectivity index (χ4n) is 6.59. The fourth-order valence-corrected chi connectivity index (χ4v) is 7.25. The van der Waals surface area contributed by atoms with Gasteiger partial charge in [-0.3, -0.25) is 9.69 Å². The highest BCUT2D eigenvalue weighted by molar-refractivity contribution is 7.90. The van der Waals surface area contributed by atoms with Crippen molar-refractivity contribution in [3.8, 4) is 11.1 Å². The van der Waals surface area contributed by atoms with E-state index in [0.29, 0.717) is 11.6 Å². The third-order valence-corrected chi connectivity index (χ3v) is 9.93. The van der Waals surface area contributed by atoms with Crippen LogP contribution in [0.2, 0.25) is 0 Å². The quantitative estimate of drug-likeness (QED) is 0.301. The first-order valence-electron chi connectivity index (χ1n) is 15.1. The number of aliphatic carboxylic acids is 1. The second kappa shape index (κ2) is 13.1. The Morgan fingerprint density at radius 3 is 2.32 bits per heavy atom. The van der Waals surface area contributed by atoms with Crippen molar-refractivity contribution in [2.75, 3.05) is 12.0 Å². The van der Waals surface area contributed by atoms with Crippen molar-refractivity contribution in [2.24, 2.45) is 5.92 Å². The van der Waals surface area contributed by atoms with E-state index < -0.39 is 27.8 Å². The van der Waals surface area contributed by atoms with Crippen LogP contribution in [0.15, 0.2) is 42.5 Å². The molecular formula is C33H46N2O5S. The molecule has 2 N–H and O–H groups in total. The molecule has 0 radical (unpaired) electrons. The summed E-state index contributed by atoms with van der Waals surface area (Å²) in [5.41, 5.74) is 4.45. The highest BCUT2D eigenvalue weighted by Crippen LogP contribution is 2.50. The lowest BCUT2D eigenvalue weighted by atomic mass is 9.83. The maximum atomic E-state index is 13.5. The molecule has 1 atom stereocenters. The van der Waals surface area contributed by atoms with Gasteiger partial charge in [0.25, 0.3) is 5.91 Å². The maximum Gasteiger partial charge on any atom is 0.326 e. The average Bonchev–Trinajstić information content (AvgIpc) is 3.69. The molecule has 0 aliphatic heterocycles. The average molecular weight is 583 g/mol. The Balaban J connectivity index is 1.62. The van der Waals surface area contributed by atoms with Crippen LogP contribution in [-0.4, -0.2) is 59.9 Å². The number of sulfone groups is 1. The molecule has 2 aliphatic rings. The summed E-state index contributed by atoms with van der Waals surface area (Å²) in [5, 5.41) is 12.3. The van der Waals surface area contributed by atoms with Crippen LogP contribution >= 0.6 is 0 Å². The number of hydrogen-bond acceptors (Lipinski definition) is 5. The maximum absolute atomic E-state index is 13.5. The molecule has 0 heterocycles. The monoisotopic (exact) mass is 582 g/mol. The van der Waals surface area contributed by atoms with Crippen LogP contribution in [0.5, 0.6) is 0 Å². The normalized spacial score (nSPS) is 17.9. The van der Waals surface area contributed by atoms with Crippen molar-refractivity contribution >= 4 is 21.7 Å².